The molecule has 116 valence electrons. The molecule has 2 aromatic rings. The number of hydrogen-bond donors (Lipinski definition) is 3. The van der Waals surface area contributed by atoms with Gasteiger partial charge in [-0.05, 0) is 30.3 Å². The van der Waals surface area contributed by atoms with Gasteiger partial charge >= 0.3 is 0 Å². The van der Waals surface area contributed by atoms with Gasteiger partial charge in [0.05, 0.1) is 24.0 Å². The SMILES string of the molecule is COc1ccc2c(c1)NC(=O)C21NC(=O)c2ccc(Cl)cc2N1. The van der Waals surface area contributed by atoms with E-state index >= 15 is 0 Å². The third-order valence-corrected chi connectivity index (χ3v) is 4.30. The van der Waals surface area contributed by atoms with Gasteiger partial charge in [0, 0.05) is 16.7 Å². The fourth-order valence-electron chi connectivity index (χ4n) is 2.96. The van der Waals surface area contributed by atoms with Gasteiger partial charge in [0.25, 0.3) is 11.8 Å². The number of carbonyl (C=O) groups excluding carboxylic acids is 2. The Balaban J connectivity index is 1.87. The number of fused-ring (bicyclic) bond motifs is 3. The van der Waals surface area contributed by atoms with Crippen LogP contribution >= 0.6 is 11.6 Å². The summed E-state index contributed by atoms with van der Waals surface area (Å²) in [5.41, 5.74) is 0.820. The van der Waals surface area contributed by atoms with Crippen LogP contribution in [0.5, 0.6) is 5.75 Å². The van der Waals surface area contributed by atoms with Crippen molar-refractivity contribution in [3.05, 3.63) is 52.5 Å². The second kappa shape index (κ2) is 4.63. The van der Waals surface area contributed by atoms with E-state index in [1.165, 1.54) is 0 Å². The van der Waals surface area contributed by atoms with Crippen LogP contribution < -0.4 is 20.7 Å². The van der Waals surface area contributed by atoms with E-state index in [4.69, 9.17) is 16.3 Å². The highest BCUT2D eigenvalue weighted by Gasteiger charge is 2.51. The monoisotopic (exact) mass is 329 g/mol. The fourth-order valence-corrected chi connectivity index (χ4v) is 3.13. The zero-order valence-corrected chi connectivity index (χ0v) is 12.8. The Hall–Kier alpha value is -2.73. The second-order valence-electron chi connectivity index (χ2n) is 5.38. The van der Waals surface area contributed by atoms with Crippen LogP contribution in [-0.2, 0) is 10.5 Å². The summed E-state index contributed by atoms with van der Waals surface area (Å²) in [6.07, 6.45) is 0. The van der Waals surface area contributed by atoms with Gasteiger partial charge in [0.15, 0.2) is 0 Å². The Kier molecular flexibility index (Phi) is 2.80. The Labute approximate surface area is 136 Å². The number of ether oxygens (including phenoxy) is 1. The van der Waals surface area contributed by atoms with E-state index in [2.05, 4.69) is 16.0 Å². The number of benzene rings is 2. The number of rotatable bonds is 1. The van der Waals surface area contributed by atoms with E-state index < -0.39 is 5.66 Å². The molecular weight excluding hydrogens is 318 g/mol. The molecule has 1 atom stereocenters. The predicted molar refractivity (Wildman–Crippen MR) is 85.8 cm³/mol. The van der Waals surface area contributed by atoms with Crippen LogP contribution in [-0.4, -0.2) is 18.9 Å². The first-order chi connectivity index (χ1) is 11.0. The minimum absolute atomic E-state index is 0.339. The van der Waals surface area contributed by atoms with Crippen molar-refractivity contribution in [1.82, 2.24) is 5.32 Å². The van der Waals surface area contributed by atoms with Crippen LogP contribution in [0.2, 0.25) is 5.02 Å². The number of anilines is 2. The molecule has 0 aromatic heterocycles. The molecule has 2 aliphatic heterocycles. The first-order valence-electron chi connectivity index (χ1n) is 6.94. The first kappa shape index (κ1) is 13.9. The predicted octanol–water partition coefficient (Wildman–Crippen LogP) is 2.31. The van der Waals surface area contributed by atoms with Crippen LogP contribution in [0.3, 0.4) is 0 Å². The maximum Gasteiger partial charge on any atom is 0.275 e. The summed E-state index contributed by atoms with van der Waals surface area (Å²) >= 11 is 6.01. The molecular formula is C16H12ClN3O3. The molecule has 7 heteroatoms. The molecule has 2 aromatic carbocycles. The molecule has 0 fully saturated rings. The maximum absolute atomic E-state index is 12.6. The van der Waals surface area contributed by atoms with Gasteiger partial charge in [-0.25, -0.2) is 0 Å². The number of nitrogens with one attached hydrogen (secondary N) is 3. The van der Waals surface area contributed by atoms with Crippen LogP contribution in [0.4, 0.5) is 11.4 Å². The molecule has 6 nitrogen and oxygen atoms in total. The molecule has 2 heterocycles. The largest absolute Gasteiger partial charge is 0.497 e. The topological polar surface area (TPSA) is 79.5 Å². The molecule has 0 saturated heterocycles. The molecule has 0 saturated carbocycles. The summed E-state index contributed by atoms with van der Waals surface area (Å²) in [6, 6.07) is 10.1. The van der Waals surface area contributed by atoms with E-state index in [1.54, 1.807) is 43.5 Å². The van der Waals surface area contributed by atoms with Gasteiger partial charge in [-0.1, -0.05) is 11.6 Å². The van der Waals surface area contributed by atoms with Gasteiger partial charge < -0.3 is 20.7 Å². The molecule has 1 unspecified atom stereocenters. The quantitative estimate of drug-likeness (QED) is 0.750. The van der Waals surface area contributed by atoms with Crippen LogP contribution in [0.15, 0.2) is 36.4 Å². The summed E-state index contributed by atoms with van der Waals surface area (Å²) in [4.78, 5) is 25.0. The molecule has 0 radical (unpaired) electrons. The van der Waals surface area contributed by atoms with E-state index in [0.29, 0.717) is 33.3 Å². The molecule has 2 aliphatic rings. The number of halogens is 1. The summed E-state index contributed by atoms with van der Waals surface area (Å²) < 4.78 is 5.17. The van der Waals surface area contributed by atoms with Crippen LogP contribution in [0.25, 0.3) is 0 Å². The lowest BCUT2D eigenvalue weighted by Crippen LogP contribution is -2.59. The van der Waals surface area contributed by atoms with Crippen LogP contribution in [0.1, 0.15) is 15.9 Å². The van der Waals surface area contributed by atoms with Gasteiger partial charge in [-0.3, -0.25) is 9.59 Å². The molecule has 0 aliphatic carbocycles. The zero-order valence-electron chi connectivity index (χ0n) is 12.1. The average molecular weight is 330 g/mol. The molecule has 1 spiro atoms. The Morgan fingerprint density at radius 3 is 2.65 bits per heavy atom. The molecule has 23 heavy (non-hydrogen) atoms. The van der Waals surface area contributed by atoms with Gasteiger partial charge in [0.1, 0.15) is 5.75 Å². The third-order valence-electron chi connectivity index (χ3n) is 4.07. The minimum atomic E-state index is -1.35. The van der Waals surface area contributed by atoms with Gasteiger partial charge in [-0.15, -0.1) is 0 Å². The Bertz CT molecular complexity index is 868. The average Bonchev–Trinajstić information content (AvgIpc) is 2.78. The lowest BCUT2D eigenvalue weighted by Gasteiger charge is -2.35. The van der Waals surface area contributed by atoms with Crippen molar-refractivity contribution in [2.24, 2.45) is 0 Å². The standard InChI is InChI=1S/C16H12ClN3O3/c1-23-9-3-5-11-13(7-9)18-15(22)16(11)19-12-6-8(17)2-4-10(12)14(21)20-16/h2-7,19H,1H3,(H,18,22)(H,20,21). The fraction of sp³-hybridized carbons (Fsp3) is 0.125. The van der Waals surface area contributed by atoms with E-state index in [9.17, 15) is 9.59 Å². The smallest absolute Gasteiger partial charge is 0.275 e. The third kappa shape index (κ3) is 1.88. The lowest BCUT2D eigenvalue weighted by atomic mass is 9.95. The maximum atomic E-state index is 12.6. The summed E-state index contributed by atoms with van der Waals surface area (Å²) in [7, 11) is 1.55. The molecule has 4 rings (SSSR count). The van der Waals surface area contributed by atoms with Crippen molar-refractivity contribution in [2.45, 2.75) is 5.66 Å². The second-order valence-corrected chi connectivity index (χ2v) is 5.82. The first-order valence-corrected chi connectivity index (χ1v) is 7.31. The van der Waals surface area contributed by atoms with Crippen molar-refractivity contribution >= 4 is 34.8 Å². The molecule has 2 amide bonds. The number of carbonyl (C=O) groups is 2. The van der Waals surface area contributed by atoms with E-state index in [1.807, 2.05) is 0 Å². The summed E-state index contributed by atoms with van der Waals surface area (Å²) in [5.74, 6) is -0.0827. The highest BCUT2D eigenvalue weighted by atomic mass is 35.5. The normalized spacial score (nSPS) is 21.1. The molecule has 0 bridgehead atoms. The lowest BCUT2D eigenvalue weighted by molar-refractivity contribution is -0.120. The van der Waals surface area contributed by atoms with Crippen molar-refractivity contribution in [2.75, 3.05) is 17.7 Å². The van der Waals surface area contributed by atoms with Gasteiger partial charge in [-0.2, -0.15) is 0 Å². The number of amides is 2. The summed E-state index contributed by atoms with van der Waals surface area (Å²) in [6.45, 7) is 0. The Morgan fingerprint density at radius 2 is 1.87 bits per heavy atom. The van der Waals surface area contributed by atoms with Crippen molar-refractivity contribution in [3.63, 3.8) is 0 Å². The number of methoxy groups -OCH3 is 1. The highest BCUT2D eigenvalue weighted by molar-refractivity contribution is 6.31. The van der Waals surface area contributed by atoms with Gasteiger partial charge in [0.2, 0.25) is 5.66 Å². The zero-order chi connectivity index (χ0) is 16.2. The Morgan fingerprint density at radius 1 is 1.04 bits per heavy atom. The van der Waals surface area contributed by atoms with Crippen molar-refractivity contribution in [1.29, 1.82) is 0 Å². The van der Waals surface area contributed by atoms with E-state index in [-0.39, 0.29) is 11.8 Å². The van der Waals surface area contributed by atoms with Crippen molar-refractivity contribution in [3.8, 4) is 5.75 Å². The molecule has 3 N–H and O–H groups in total. The summed E-state index contributed by atoms with van der Waals surface area (Å²) in [5, 5.41) is 9.13. The van der Waals surface area contributed by atoms with Crippen molar-refractivity contribution < 1.29 is 14.3 Å². The van der Waals surface area contributed by atoms with Crippen LogP contribution in [0, 0.1) is 0 Å². The van der Waals surface area contributed by atoms with E-state index in [0.717, 1.165) is 0 Å². The number of hydrogen-bond acceptors (Lipinski definition) is 4. The highest BCUT2D eigenvalue weighted by Crippen LogP contribution is 2.41. The minimum Gasteiger partial charge on any atom is -0.497 e.